The van der Waals surface area contributed by atoms with E-state index in [1.165, 1.54) is 37.1 Å². The van der Waals surface area contributed by atoms with Crippen molar-refractivity contribution in [2.24, 2.45) is 5.41 Å². The maximum atomic E-state index is 3.42. The highest BCUT2D eigenvalue weighted by Crippen LogP contribution is 2.30. The predicted octanol–water partition coefficient (Wildman–Crippen LogP) is 3.46. The predicted molar refractivity (Wildman–Crippen MR) is 87.0 cm³/mol. The average molecular weight is 274 g/mol. The Bertz CT molecular complexity index is 402. The summed E-state index contributed by atoms with van der Waals surface area (Å²) in [6.45, 7) is 12.7. The lowest BCUT2D eigenvalue weighted by Crippen LogP contribution is -2.37. The lowest BCUT2D eigenvalue weighted by molar-refractivity contribution is 0.127. The Hall–Kier alpha value is -0.860. The standard InChI is InChI=1S/C18H30N2/c1-4-19-12-9-16-7-5-6-8-17(16)15-20-13-10-18(2,3)11-14-20/h5-8,19H,4,9-15H2,1-3H3. The molecule has 0 radical (unpaired) electrons. The van der Waals surface area contributed by atoms with Crippen LogP contribution < -0.4 is 5.32 Å². The molecule has 1 fully saturated rings. The molecular weight excluding hydrogens is 244 g/mol. The van der Waals surface area contributed by atoms with Crippen LogP contribution in [-0.2, 0) is 13.0 Å². The molecule has 2 rings (SSSR count). The van der Waals surface area contributed by atoms with Crippen molar-refractivity contribution in [1.82, 2.24) is 10.2 Å². The fraction of sp³-hybridized carbons (Fsp3) is 0.667. The molecule has 0 aromatic heterocycles. The van der Waals surface area contributed by atoms with E-state index in [9.17, 15) is 0 Å². The van der Waals surface area contributed by atoms with Gasteiger partial charge in [0.2, 0.25) is 0 Å². The fourth-order valence-electron chi connectivity index (χ4n) is 2.91. The van der Waals surface area contributed by atoms with Crippen LogP contribution in [0.1, 0.15) is 44.7 Å². The molecule has 1 N–H and O–H groups in total. The van der Waals surface area contributed by atoms with Crippen molar-refractivity contribution in [2.75, 3.05) is 26.2 Å². The number of nitrogens with one attached hydrogen (secondary N) is 1. The molecule has 1 aliphatic rings. The summed E-state index contributed by atoms with van der Waals surface area (Å²) in [4.78, 5) is 2.62. The summed E-state index contributed by atoms with van der Waals surface area (Å²) in [5, 5.41) is 3.42. The van der Waals surface area contributed by atoms with Crippen LogP contribution in [0, 0.1) is 5.41 Å². The third-order valence-electron chi connectivity index (χ3n) is 4.54. The van der Waals surface area contributed by atoms with Gasteiger partial charge in [-0.25, -0.2) is 0 Å². The number of hydrogen-bond donors (Lipinski definition) is 1. The highest BCUT2D eigenvalue weighted by molar-refractivity contribution is 5.27. The van der Waals surface area contributed by atoms with Gasteiger partial charge in [0.05, 0.1) is 0 Å². The fourth-order valence-corrected chi connectivity index (χ4v) is 2.91. The second kappa shape index (κ2) is 7.24. The van der Waals surface area contributed by atoms with Crippen LogP contribution >= 0.6 is 0 Å². The van der Waals surface area contributed by atoms with E-state index in [1.54, 1.807) is 0 Å². The SMILES string of the molecule is CCNCCc1ccccc1CN1CCC(C)(C)CC1. The minimum absolute atomic E-state index is 0.543. The quantitative estimate of drug-likeness (QED) is 0.799. The zero-order chi connectivity index (χ0) is 14.4. The van der Waals surface area contributed by atoms with Crippen LogP contribution in [0.2, 0.25) is 0 Å². The summed E-state index contributed by atoms with van der Waals surface area (Å²) in [6, 6.07) is 8.95. The molecule has 1 saturated heterocycles. The molecule has 0 aliphatic carbocycles. The zero-order valence-electron chi connectivity index (χ0n) is 13.4. The molecule has 1 aromatic rings. The van der Waals surface area contributed by atoms with E-state index in [0.29, 0.717) is 5.41 Å². The second-order valence-corrected chi connectivity index (χ2v) is 6.81. The number of benzene rings is 1. The number of hydrogen-bond acceptors (Lipinski definition) is 2. The van der Waals surface area contributed by atoms with Crippen molar-refractivity contribution in [3.63, 3.8) is 0 Å². The van der Waals surface area contributed by atoms with Crippen molar-refractivity contribution in [1.29, 1.82) is 0 Å². The van der Waals surface area contributed by atoms with Crippen LogP contribution in [0.5, 0.6) is 0 Å². The van der Waals surface area contributed by atoms with Gasteiger partial charge in [-0.1, -0.05) is 45.0 Å². The largest absolute Gasteiger partial charge is 0.317 e. The molecule has 2 nitrogen and oxygen atoms in total. The van der Waals surface area contributed by atoms with Crippen molar-refractivity contribution >= 4 is 0 Å². The molecule has 0 amide bonds. The molecule has 20 heavy (non-hydrogen) atoms. The first kappa shape index (κ1) is 15.5. The minimum atomic E-state index is 0.543. The Morgan fingerprint density at radius 3 is 2.40 bits per heavy atom. The van der Waals surface area contributed by atoms with Crippen LogP contribution in [0.3, 0.4) is 0 Å². The summed E-state index contributed by atoms with van der Waals surface area (Å²) in [5.74, 6) is 0. The van der Waals surface area contributed by atoms with E-state index in [4.69, 9.17) is 0 Å². The lowest BCUT2D eigenvalue weighted by atomic mass is 9.82. The molecular formula is C18H30N2. The maximum absolute atomic E-state index is 3.42. The summed E-state index contributed by atoms with van der Waals surface area (Å²) in [5.41, 5.74) is 3.57. The molecule has 1 heterocycles. The zero-order valence-corrected chi connectivity index (χ0v) is 13.4. The molecule has 0 saturated carbocycles. The van der Waals surface area contributed by atoms with Crippen molar-refractivity contribution in [2.45, 2.75) is 46.6 Å². The smallest absolute Gasteiger partial charge is 0.0236 e. The molecule has 1 aliphatic heterocycles. The van der Waals surface area contributed by atoms with Crippen LogP contribution in [0.4, 0.5) is 0 Å². The van der Waals surface area contributed by atoms with Gasteiger partial charge in [-0.15, -0.1) is 0 Å². The molecule has 0 atom stereocenters. The lowest BCUT2D eigenvalue weighted by Gasteiger charge is -2.37. The molecule has 112 valence electrons. The Labute approximate surface area is 124 Å². The Kier molecular flexibility index (Phi) is 5.62. The Balaban J connectivity index is 1.92. The van der Waals surface area contributed by atoms with Gasteiger partial charge in [-0.2, -0.15) is 0 Å². The molecule has 0 spiro atoms. The highest BCUT2D eigenvalue weighted by Gasteiger charge is 2.25. The number of piperidine rings is 1. The van der Waals surface area contributed by atoms with Crippen LogP contribution in [0.25, 0.3) is 0 Å². The summed E-state index contributed by atoms with van der Waals surface area (Å²) in [6.07, 6.45) is 3.79. The van der Waals surface area contributed by atoms with Gasteiger partial charge in [0.15, 0.2) is 0 Å². The first-order valence-corrected chi connectivity index (χ1v) is 8.10. The van der Waals surface area contributed by atoms with Crippen molar-refractivity contribution in [3.8, 4) is 0 Å². The first-order chi connectivity index (χ1) is 9.61. The van der Waals surface area contributed by atoms with Gasteiger partial charge in [-0.3, -0.25) is 4.90 Å². The molecule has 1 aromatic carbocycles. The maximum Gasteiger partial charge on any atom is 0.0236 e. The van der Waals surface area contributed by atoms with Crippen molar-refractivity contribution < 1.29 is 0 Å². The highest BCUT2D eigenvalue weighted by atomic mass is 15.1. The summed E-state index contributed by atoms with van der Waals surface area (Å²) < 4.78 is 0. The normalized spacial score (nSPS) is 19.1. The number of likely N-dealkylation sites (N-methyl/N-ethyl adjacent to an activating group) is 1. The van der Waals surface area contributed by atoms with Gasteiger partial charge in [0.25, 0.3) is 0 Å². The number of rotatable bonds is 6. The monoisotopic (exact) mass is 274 g/mol. The topological polar surface area (TPSA) is 15.3 Å². The molecule has 2 heteroatoms. The van der Waals surface area contributed by atoms with E-state index < -0.39 is 0 Å². The van der Waals surface area contributed by atoms with Crippen molar-refractivity contribution in [3.05, 3.63) is 35.4 Å². The summed E-state index contributed by atoms with van der Waals surface area (Å²) >= 11 is 0. The van der Waals surface area contributed by atoms with Gasteiger partial charge in [0, 0.05) is 6.54 Å². The van der Waals surface area contributed by atoms with Gasteiger partial charge in [0.1, 0.15) is 0 Å². The number of nitrogens with zero attached hydrogens (tertiary/aromatic N) is 1. The third kappa shape index (κ3) is 4.60. The Morgan fingerprint density at radius 2 is 1.75 bits per heavy atom. The first-order valence-electron chi connectivity index (χ1n) is 8.10. The minimum Gasteiger partial charge on any atom is -0.317 e. The average Bonchev–Trinajstić information content (AvgIpc) is 2.43. The molecule has 0 unspecified atom stereocenters. The summed E-state index contributed by atoms with van der Waals surface area (Å²) in [7, 11) is 0. The van der Waals surface area contributed by atoms with E-state index >= 15 is 0 Å². The Morgan fingerprint density at radius 1 is 1.10 bits per heavy atom. The second-order valence-electron chi connectivity index (χ2n) is 6.81. The van der Waals surface area contributed by atoms with Crippen LogP contribution in [-0.4, -0.2) is 31.1 Å². The van der Waals surface area contributed by atoms with Gasteiger partial charge in [-0.05, 0) is 62.0 Å². The van der Waals surface area contributed by atoms with E-state index in [1.807, 2.05) is 0 Å². The van der Waals surface area contributed by atoms with E-state index in [0.717, 1.165) is 26.1 Å². The molecule has 0 bridgehead atoms. The van der Waals surface area contributed by atoms with Gasteiger partial charge < -0.3 is 5.32 Å². The van der Waals surface area contributed by atoms with Gasteiger partial charge >= 0.3 is 0 Å². The van der Waals surface area contributed by atoms with Crippen LogP contribution in [0.15, 0.2) is 24.3 Å². The third-order valence-corrected chi connectivity index (χ3v) is 4.54. The van der Waals surface area contributed by atoms with E-state index in [2.05, 4.69) is 55.3 Å². The van der Waals surface area contributed by atoms with E-state index in [-0.39, 0.29) is 0 Å². The number of likely N-dealkylation sites (tertiary alicyclic amines) is 1.